The first-order chi connectivity index (χ1) is 16.8. The van der Waals surface area contributed by atoms with Crippen molar-refractivity contribution in [1.29, 1.82) is 0 Å². The number of aromatic amines is 1. The van der Waals surface area contributed by atoms with Crippen molar-refractivity contribution in [3.8, 4) is 0 Å². The van der Waals surface area contributed by atoms with Crippen molar-refractivity contribution < 1.29 is 27.2 Å². The molecule has 4 aromatic rings. The first-order valence-corrected chi connectivity index (χ1v) is 11.0. The molecule has 2 amide bonds. The molecule has 1 aliphatic rings. The van der Waals surface area contributed by atoms with Crippen molar-refractivity contribution in [2.24, 2.45) is 5.92 Å². The molecule has 180 valence electrons. The number of rotatable bonds is 6. The fourth-order valence-corrected chi connectivity index (χ4v) is 4.30. The van der Waals surface area contributed by atoms with E-state index in [0.717, 1.165) is 5.56 Å². The number of benzene rings is 2. The Kier molecular flexibility index (Phi) is 5.80. The Bertz CT molecular complexity index is 1350. The number of H-pyrrole nitrogens is 1. The van der Waals surface area contributed by atoms with Gasteiger partial charge in [-0.2, -0.15) is 13.2 Å². The van der Waals surface area contributed by atoms with Crippen molar-refractivity contribution in [3.63, 3.8) is 0 Å². The number of likely N-dealkylation sites (tertiary alicyclic amines) is 1. The predicted octanol–water partition coefficient (Wildman–Crippen LogP) is 4.43. The van der Waals surface area contributed by atoms with Gasteiger partial charge in [0.25, 0.3) is 0 Å². The van der Waals surface area contributed by atoms with Gasteiger partial charge in [0.2, 0.25) is 17.6 Å². The zero-order valence-corrected chi connectivity index (χ0v) is 18.4. The molecule has 0 saturated carbocycles. The molecule has 3 heterocycles. The van der Waals surface area contributed by atoms with Crippen LogP contribution >= 0.6 is 0 Å². The van der Waals surface area contributed by atoms with Gasteiger partial charge in [-0.05, 0) is 35.4 Å². The van der Waals surface area contributed by atoms with Crippen LogP contribution in [-0.2, 0) is 22.3 Å². The molecule has 1 fully saturated rings. The fourth-order valence-electron chi connectivity index (χ4n) is 4.30. The molecule has 2 atom stereocenters. The van der Waals surface area contributed by atoms with Gasteiger partial charge in [-0.3, -0.25) is 9.59 Å². The lowest BCUT2D eigenvalue weighted by Crippen LogP contribution is -2.36. The van der Waals surface area contributed by atoms with Crippen LogP contribution in [0.15, 0.2) is 71.3 Å². The summed E-state index contributed by atoms with van der Waals surface area (Å²) in [5.74, 6) is -1.46. The number of nitrogens with zero attached hydrogens (tertiary/aromatic N) is 2. The normalized spacial score (nSPS) is 17.2. The van der Waals surface area contributed by atoms with Crippen LogP contribution in [0.25, 0.3) is 11.0 Å². The van der Waals surface area contributed by atoms with Crippen molar-refractivity contribution in [2.45, 2.75) is 25.2 Å². The van der Waals surface area contributed by atoms with Crippen molar-refractivity contribution in [2.75, 3.05) is 6.54 Å². The minimum Gasteiger partial charge on any atom is -0.467 e. The highest BCUT2D eigenvalue weighted by Crippen LogP contribution is 2.31. The third-order valence-electron chi connectivity index (χ3n) is 6.04. The van der Waals surface area contributed by atoms with E-state index in [4.69, 9.17) is 4.42 Å². The number of halogens is 3. The molecule has 2 N–H and O–H groups in total. The number of hydrogen-bond donors (Lipinski definition) is 2. The molecule has 1 saturated heterocycles. The number of amides is 2. The van der Waals surface area contributed by atoms with E-state index in [9.17, 15) is 22.8 Å². The summed E-state index contributed by atoms with van der Waals surface area (Å²) in [7, 11) is 0. The summed E-state index contributed by atoms with van der Waals surface area (Å²) in [4.78, 5) is 33.2. The molecule has 1 aliphatic heterocycles. The van der Waals surface area contributed by atoms with Gasteiger partial charge in [0, 0.05) is 13.0 Å². The number of nitrogens with one attached hydrogen (secondary N) is 2. The molecule has 10 heteroatoms. The largest absolute Gasteiger partial charge is 0.467 e. The van der Waals surface area contributed by atoms with E-state index in [1.165, 1.54) is 12.3 Å². The number of alkyl halides is 3. The first-order valence-electron chi connectivity index (χ1n) is 11.0. The third kappa shape index (κ3) is 4.77. The number of hydrogen-bond acceptors (Lipinski definition) is 4. The number of carbonyl (C=O) groups is 2. The number of aromatic nitrogens is 2. The Morgan fingerprint density at radius 1 is 1.14 bits per heavy atom. The monoisotopic (exact) mass is 482 g/mol. The van der Waals surface area contributed by atoms with E-state index < -0.39 is 24.0 Å². The summed E-state index contributed by atoms with van der Waals surface area (Å²) in [6.45, 7) is 0.539. The average molecular weight is 482 g/mol. The molecule has 0 aliphatic carbocycles. The van der Waals surface area contributed by atoms with Crippen LogP contribution in [0.1, 0.15) is 35.2 Å². The Balaban J connectivity index is 1.39. The molecule has 0 radical (unpaired) electrons. The highest BCUT2D eigenvalue weighted by atomic mass is 19.4. The molecule has 0 spiro atoms. The summed E-state index contributed by atoms with van der Waals surface area (Å²) >= 11 is 0. The first kappa shape index (κ1) is 22.7. The minimum atomic E-state index is -4.59. The number of carbonyl (C=O) groups excluding carboxylic acids is 2. The zero-order valence-electron chi connectivity index (χ0n) is 18.4. The van der Waals surface area contributed by atoms with Crippen LogP contribution in [0, 0.1) is 5.92 Å². The molecule has 0 bridgehead atoms. The van der Waals surface area contributed by atoms with E-state index in [2.05, 4.69) is 15.3 Å². The second kappa shape index (κ2) is 8.94. The highest BCUT2D eigenvalue weighted by Gasteiger charge is 2.36. The topological polar surface area (TPSA) is 91.2 Å². The predicted molar refractivity (Wildman–Crippen MR) is 120 cm³/mol. The molecule has 35 heavy (non-hydrogen) atoms. The van der Waals surface area contributed by atoms with E-state index in [0.29, 0.717) is 11.3 Å². The molecular formula is C25H21F3N4O3. The van der Waals surface area contributed by atoms with E-state index in [-0.39, 0.29) is 42.4 Å². The number of fused-ring (bicyclic) bond motifs is 1. The Morgan fingerprint density at radius 2 is 1.94 bits per heavy atom. The lowest BCUT2D eigenvalue weighted by atomic mass is 9.97. The second-order valence-electron chi connectivity index (χ2n) is 8.47. The van der Waals surface area contributed by atoms with Gasteiger partial charge in [-0.25, -0.2) is 4.98 Å². The third-order valence-corrected chi connectivity index (χ3v) is 6.04. The SMILES string of the molecule is O=C(NC(c1ccccc1)c1ccc2nc(C(F)(F)F)[nH]c2c1)C1CC(=O)N(Cc2ccco2)C1. The molecule has 5 rings (SSSR count). The summed E-state index contributed by atoms with van der Waals surface area (Å²) in [6, 6.07) is 16.7. The van der Waals surface area contributed by atoms with Crippen LogP contribution < -0.4 is 5.32 Å². The number of furan rings is 1. The quantitative estimate of drug-likeness (QED) is 0.426. The lowest BCUT2D eigenvalue weighted by Gasteiger charge is -2.22. The van der Waals surface area contributed by atoms with Crippen molar-refractivity contribution in [3.05, 3.63) is 89.6 Å². The molecule has 7 nitrogen and oxygen atoms in total. The van der Waals surface area contributed by atoms with Crippen molar-refractivity contribution >= 4 is 22.8 Å². The Labute approximate surface area is 197 Å². The minimum absolute atomic E-state index is 0.0720. The maximum atomic E-state index is 13.2. The van der Waals surface area contributed by atoms with Crippen LogP contribution in [0.5, 0.6) is 0 Å². The number of imidazole rings is 1. The molecular weight excluding hydrogens is 461 g/mol. The summed E-state index contributed by atoms with van der Waals surface area (Å²) in [5.41, 5.74) is 1.73. The van der Waals surface area contributed by atoms with E-state index in [1.54, 1.807) is 29.2 Å². The van der Waals surface area contributed by atoms with Gasteiger partial charge >= 0.3 is 6.18 Å². The standard InChI is InChI=1S/C25H21F3N4O3/c26-25(27,28)24-29-19-9-8-16(11-20(19)30-24)22(15-5-2-1-3-6-15)31-23(34)17-12-21(33)32(13-17)14-18-7-4-10-35-18/h1-11,17,22H,12-14H2,(H,29,30)(H,31,34). The maximum absolute atomic E-state index is 13.2. The van der Waals surface area contributed by atoms with Crippen LogP contribution in [-0.4, -0.2) is 33.2 Å². The van der Waals surface area contributed by atoms with Gasteiger partial charge in [0.1, 0.15) is 5.76 Å². The summed E-state index contributed by atoms with van der Waals surface area (Å²) in [5, 5.41) is 3.00. The lowest BCUT2D eigenvalue weighted by molar-refractivity contribution is -0.144. The van der Waals surface area contributed by atoms with Crippen molar-refractivity contribution in [1.82, 2.24) is 20.2 Å². The highest BCUT2D eigenvalue weighted by molar-refractivity contribution is 5.89. The maximum Gasteiger partial charge on any atom is 0.449 e. The van der Waals surface area contributed by atoms with Gasteiger partial charge < -0.3 is 19.6 Å². The molecule has 2 aromatic heterocycles. The average Bonchev–Trinajstić information content (AvgIpc) is 3.58. The van der Waals surface area contributed by atoms with Crippen LogP contribution in [0.2, 0.25) is 0 Å². The van der Waals surface area contributed by atoms with E-state index >= 15 is 0 Å². The molecule has 2 aromatic carbocycles. The molecule has 2 unspecified atom stereocenters. The fraction of sp³-hybridized carbons (Fsp3) is 0.240. The van der Waals surface area contributed by atoms with E-state index in [1.807, 2.05) is 30.3 Å². The summed E-state index contributed by atoms with van der Waals surface area (Å²) in [6.07, 6.45) is -3.00. The smallest absolute Gasteiger partial charge is 0.449 e. The zero-order chi connectivity index (χ0) is 24.6. The van der Waals surface area contributed by atoms with Gasteiger partial charge in [-0.15, -0.1) is 0 Å². The Hall–Kier alpha value is -4.08. The van der Waals surface area contributed by atoms with Gasteiger partial charge in [-0.1, -0.05) is 36.4 Å². The van der Waals surface area contributed by atoms with Crippen LogP contribution in [0.3, 0.4) is 0 Å². The van der Waals surface area contributed by atoms with Gasteiger partial charge in [0.05, 0.1) is 35.8 Å². The second-order valence-corrected chi connectivity index (χ2v) is 8.47. The Morgan fingerprint density at radius 3 is 2.66 bits per heavy atom. The summed E-state index contributed by atoms with van der Waals surface area (Å²) < 4.78 is 44.6. The van der Waals surface area contributed by atoms with Gasteiger partial charge in [0.15, 0.2) is 0 Å². The van der Waals surface area contributed by atoms with Crippen LogP contribution in [0.4, 0.5) is 13.2 Å².